The highest BCUT2D eigenvalue weighted by Crippen LogP contribution is 2.19. The van der Waals surface area contributed by atoms with Crippen LogP contribution in [0.25, 0.3) is 17.1 Å². The van der Waals surface area contributed by atoms with Crippen molar-refractivity contribution in [2.75, 3.05) is 0 Å². The van der Waals surface area contributed by atoms with Crippen LogP contribution in [-0.2, 0) is 11.2 Å². The number of carbonyl (C=O) groups is 1. The van der Waals surface area contributed by atoms with Gasteiger partial charge < -0.3 is 4.98 Å². The predicted molar refractivity (Wildman–Crippen MR) is 92.0 cm³/mol. The molecule has 3 N–H and O–H groups in total. The van der Waals surface area contributed by atoms with Crippen molar-refractivity contribution < 1.29 is 10.0 Å². The van der Waals surface area contributed by atoms with Crippen molar-refractivity contribution in [2.24, 2.45) is 0 Å². The zero-order valence-corrected chi connectivity index (χ0v) is 13.7. The molecular formula is C17H14BrN3O2. The minimum atomic E-state index is -0.553. The topological polar surface area (TPSA) is 78.0 Å². The number of H-pyrrole nitrogens is 1. The molecule has 23 heavy (non-hydrogen) atoms. The molecule has 1 aromatic heterocycles. The molecule has 0 aliphatic heterocycles. The van der Waals surface area contributed by atoms with Gasteiger partial charge >= 0.3 is 0 Å². The Labute approximate surface area is 141 Å². The third kappa shape index (κ3) is 3.85. The molecule has 0 radical (unpaired) electrons. The molecule has 0 saturated carbocycles. The van der Waals surface area contributed by atoms with Crippen molar-refractivity contribution in [3.63, 3.8) is 0 Å². The van der Waals surface area contributed by atoms with E-state index in [0.717, 1.165) is 32.5 Å². The number of halogens is 1. The number of imidazole rings is 1. The molecule has 0 aliphatic rings. The van der Waals surface area contributed by atoms with E-state index in [2.05, 4.69) is 25.9 Å². The highest BCUT2D eigenvalue weighted by molar-refractivity contribution is 9.10. The first-order valence-corrected chi connectivity index (χ1v) is 7.78. The van der Waals surface area contributed by atoms with Gasteiger partial charge in [0, 0.05) is 17.0 Å². The summed E-state index contributed by atoms with van der Waals surface area (Å²) < 4.78 is 1.02. The van der Waals surface area contributed by atoms with Crippen LogP contribution in [0.3, 0.4) is 0 Å². The van der Waals surface area contributed by atoms with Gasteiger partial charge in [-0.15, -0.1) is 0 Å². The monoisotopic (exact) mass is 371 g/mol. The molecule has 0 saturated heterocycles. The van der Waals surface area contributed by atoms with E-state index in [-0.39, 0.29) is 0 Å². The maximum absolute atomic E-state index is 10.9. The number of hydroxylamine groups is 1. The molecule has 1 heterocycles. The summed E-state index contributed by atoms with van der Waals surface area (Å²) >= 11 is 3.45. The average molecular weight is 372 g/mol. The van der Waals surface area contributed by atoms with Crippen LogP contribution in [0.15, 0.2) is 53.0 Å². The van der Waals surface area contributed by atoms with Crippen molar-refractivity contribution in [1.29, 1.82) is 0 Å². The summed E-state index contributed by atoms with van der Waals surface area (Å²) in [7, 11) is 0. The molecule has 3 aromatic rings. The van der Waals surface area contributed by atoms with E-state index < -0.39 is 5.91 Å². The fraction of sp³-hybridized carbons (Fsp3) is 0.0588. The number of benzene rings is 2. The number of aromatic amines is 1. The Balaban J connectivity index is 1.74. The molecular weight excluding hydrogens is 358 g/mol. The van der Waals surface area contributed by atoms with Gasteiger partial charge in [0.2, 0.25) is 0 Å². The quantitative estimate of drug-likeness (QED) is 0.373. The van der Waals surface area contributed by atoms with E-state index in [9.17, 15) is 4.79 Å². The second-order valence-corrected chi connectivity index (χ2v) is 5.99. The normalized spacial score (nSPS) is 11.2. The molecule has 0 fully saturated rings. The number of nitrogens with zero attached hydrogens (tertiary/aromatic N) is 1. The molecule has 0 bridgehead atoms. The lowest BCUT2D eigenvalue weighted by atomic mass is 10.1. The first-order chi connectivity index (χ1) is 11.1. The highest BCUT2D eigenvalue weighted by atomic mass is 79.9. The Morgan fingerprint density at radius 2 is 2.04 bits per heavy atom. The molecule has 0 aliphatic carbocycles. The van der Waals surface area contributed by atoms with E-state index in [1.165, 1.54) is 6.08 Å². The maximum atomic E-state index is 10.9. The number of fused-ring (bicyclic) bond motifs is 1. The van der Waals surface area contributed by atoms with Crippen molar-refractivity contribution >= 4 is 38.9 Å². The molecule has 0 unspecified atom stereocenters. The van der Waals surface area contributed by atoms with Crippen molar-refractivity contribution in [3.8, 4) is 0 Å². The van der Waals surface area contributed by atoms with Gasteiger partial charge in [-0.3, -0.25) is 10.0 Å². The molecule has 0 atom stereocenters. The van der Waals surface area contributed by atoms with Crippen LogP contribution < -0.4 is 5.48 Å². The van der Waals surface area contributed by atoms with Gasteiger partial charge in [0.15, 0.2) is 0 Å². The lowest BCUT2D eigenvalue weighted by Gasteiger charge is -1.99. The summed E-state index contributed by atoms with van der Waals surface area (Å²) in [5.74, 6) is 0.351. The van der Waals surface area contributed by atoms with Crippen LogP contribution in [0.4, 0.5) is 0 Å². The van der Waals surface area contributed by atoms with E-state index in [1.54, 1.807) is 11.6 Å². The molecule has 1 amide bonds. The minimum absolute atomic E-state index is 0.553. The van der Waals surface area contributed by atoms with Crippen LogP contribution >= 0.6 is 15.9 Å². The van der Waals surface area contributed by atoms with E-state index in [1.807, 2.05) is 42.5 Å². The fourth-order valence-electron chi connectivity index (χ4n) is 2.27. The van der Waals surface area contributed by atoms with Gasteiger partial charge in [-0.2, -0.15) is 0 Å². The summed E-state index contributed by atoms with van der Waals surface area (Å²) in [4.78, 5) is 18.8. The Morgan fingerprint density at radius 3 is 2.78 bits per heavy atom. The fourth-order valence-corrected chi connectivity index (χ4v) is 2.63. The molecule has 6 heteroatoms. The second kappa shape index (κ2) is 6.76. The number of rotatable bonds is 4. The smallest absolute Gasteiger partial charge is 0.267 e. The third-order valence-electron chi connectivity index (χ3n) is 3.38. The number of amides is 1. The van der Waals surface area contributed by atoms with Crippen LogP contribution in [0.2, 0.25) is 0 Å². The third-order valence-corrected chi connectivity index (χ3v) is 3.87. The number of aromatic nitrogens is 2. The van der Waals surface area contributed by atoms with Crippen molar-refractivity contribution in [2.45, 2.75) is 6.42 Å². The first kappa shape index (κ1) is 15.5. The standard InChI is InChI=1S/C17H14BrN3O2/c18-13-6-7-14-15(10-13)20-16(19-14)9-12-3-1-11(2-4-12)5-8-17(22)21-23/h1-8,10,23H,9H2,(H,19,20)(H,21,22)/b8-5+. The number of hydrogen-bond acceptors (Lipinski definition) is 3. The zero-order valence-electron chi connectivity index (χ0n) is 12.1. The Hall–Kier alpha value is -2.44. The van der Waals surface area contributed by atoms with Crippen LogP contribution in [-0.4, -0.2) is 21.1 Å². The van der Waals surface area contributed by atoms with E-state index in [0.29, 0.717) is 6.42 Å². The van der Waals surface area contributed by atoms with Gasteiger partial charge in [-0.05, 0) is 35.4 Å². The minimum Gasteiger partial charge on any atom is -0.342 e. The second-order valence-electron chi connectivity index (χ2n) is 5.07. The summed E-state index contributed by atoms with van der Waals surface area (Å²) in [5.41, 5.74) is 5.50. The lowest BCUT2D eigenvalue weighted by molar-refractivity contribution is -0.124. The summed E-state index contributed by atoms with van der Waals surface area (Å²) in [5, 5.41) is 8.43. The lowest BCUT2D eigenvalue weighted by Crippen LogP contribution is -2.14. The van der Waals surface area contributed by atoms with Crippen molar-refractivity contribution in [3.05, 3.63) is 70.0 Å². The Kier molecular flexibility index (Phi) is 4.55. The number of nitrogens with one attached hydrogen (secondary N) is 2. The molecule has 0 spiro atoms. The molecule has 3 rings (SSSR count). The summed E-state index contributed by atoms with van der Waals surface area (Å²) in [6, 6.07) is 13.7. The van der Waals surface area contributed by atoms with Crippen LogP contribution in [0.5, 0.6) is 0 Å². The summed E-state index contributed by atoms with van der Waals surface area (Å²) in [6.07, 6.45) is 3.60. The molecule has 2 aromatic carbocycles. The van der Waals surface area contributed by atoms with Gasteiger partial charge in [0.05, 0.1) is 11.0 Å². The van der Waals surface area contributed by atoms with Gasteiger partial charge in [0.25, 0.3) is 5.91 Å². The number of carbonyl (C=O) groups excluding carboxylic acids is 1. The Bertz CT molecular complexity index is 869. The van der Waals surface area contributed by atoms with Gasteiger partial charge in [-0.1, -0.05) is 40.2 Å². The maximum Gasteiger partial charge on any atom is 0.267 e. The summed E-state index contributed by atoms with van der Waals surface area (Å²) in [6.45, 7) is 0. The first-order valence-electron chi connectivity index (χ1n) is 6.99. The van der Waals surface area contributed by atoms with Gasteiger partial charge in [0.1, 0.15) is 5.82 Å². The van der Waals surface area contributed by atoms with Crippen LogP contribution in [0.1, 0.15) is 17.0 Å². The average Bonchev–Trinajstić information content (AvgIpc) is 2.95. The van der Waals surface area contributed by atoms with Crippen molar-refractivity contribution in [1.82, 2.24) is 15.4 Å². The van der Waals surface area contributed by atoms with E-state index >= 15 is 0 Å². The SMILES string of the molecule is O=C(/C=C/c1ccc(Cc2nc3ccc(Br)cc3[nH]2)cc1)NO. The zero-order chi connectivity index (χ0) is 16.2. The predicted octanol–water partition coefficient (Wildman–Crippen LogP) is 3.43. The van der Waals surface area contributed by atoms with Gasteiger partial charge in [-0.25, -0.2) is 10.5 Å². The molecule has 5 nitrogen and oxygen atoms in total. The van der Waals surface area contributed by atoms with E-state index in [4.69, 9.17) is 5.21 Å². The Morgan fingerprint density at radius 1 is 1.26 bits per heavy atom. The van der Waals surface area contributed by atoms with Crippen LogP contribution in [0, 0.1) is 0 Å². The number of hydrogen-bond donors (Lipinski definition) is 3. The molecule has 116 valence electrons. The highest BCUT2D eigenvalue weighted by Gasteiger charge is 2.04. The largest absolute Gasteiger partial charge is 0.342 e.